The lowest BCUT2D eigenvalue weighted by atomic mass is 10.1. The highest BCUT2D eigenvalue weighted by Gasteiger charge is 2.08. The van der Waals surface area contributed by atoms with Crippen molar-refractivity contribution in [3.8, 4) is 0 Å². The summed E-state index contributed by atoms with van der Waals surface area (Å²) >= 11 is 5.11. The molecule has 0 radical (unpaired) electrons. The Morgan fingerprint density at radius 2 is 2.14 bits per heavy atom. The predicted octanol–water partition coefficient (Wildman–Crippen LogP) is 2.95. The standard InChI is InChI=1S/C16H21N3OS/c1-11(2)10-20-8-7-18-16-13(15(17)21)9-12-5-3-4-6-14(12)19-16/h3-6,9,11H,7-8,10H2,1-2H3,(H2,17,21)(H,18,19). The van der Waals surface area contributed by atoms with Crippen molar-refractivity contribution in [3.05, 3.63) is 35.9 Å². The first-order valence-corrected chi connectivity index (χ1v) is 7.50. The van der Waals surface area contributed by atoms with E-state index in [4.69, 9.17) is 22.7 Å². The molecule has 21 heavy (non-hydrogen) atoms. The molecule has 4 nitrogen and oxygen atoms in total. The van der Waals surface area contributed by atoms with Crippen molar-refractivity contribution in [1.29, 1.82) is 0 Å². The fraction of sp³-hybridized carbons (Fsp3) is 0.375. The molecule has 0 saturated heterocycles. The van der Waals surface area contributed by atoms with E-state index in [9.17, 15) is 0 Å². The largest absolute Gasteiger partial charge is 0.389 e. The maximum absolute atomic E-state index is 5.80. The summed E-state index contributed by atoms with van der Waals surface area (Å²) in [5, 5.41) is 4.29. The highest BCUT2D eigenvalue weighted by molar-refractivity contribution is 7.80. The Balaban J connectivity index is 2.10. The number of para-hydroxylation sites is 1. The molecule has 112 valence electrons. The van der Waals surface area contributed by atoms with Crippen LogP contribution >= 0.6 is 12.2 Å². The third kappa shape index (κ3) is 4.37. The van der Waals surface area contributed by atoms with E-state index in [0.29, 0.717) is 29.9 Å². The Hall–Kier alpha value is -1.72. The summed E-state index contributed by atoms with van der Waals surface area (Å²) in [5.74, 6) is 1.25. The highest BCUT2D eigenvalue weighted by atomic mass is 32.1. The van der Waals surface area contributed by atoms with E-state index in [1.165, 1.54) is 0 Å². The monoisotopic (exact) mass is 303 g/mol. The Morgan fingerprint density at radius 3 is 2.86 bits per heavy atom. The Labute approximate surface area is 130 Å². The van der Waals surface area contributed by atoms with Crippen LogP contribution in [-0.4, -0.2) is 29.7 Å². The van der Waals surface area contributed by atoms with Gasteiger partial charge < -0.3 is 15.8 Å². The molecule has 0 saturated carbocycles. The van der Waals surface area contributed by atoms with Gasteiger partial charge in [-0.3, -0.25) is 0 Å². The second-order valence-corrected chi connectivity index (χ2v) is 5.78. The number of ether oxygens (including phenoxy) is 1. The van der Waals surface area contributed by atoms with Crippen molar-refractivity contribution in [2.75, 3.05) is 25.1 Å². The third-order valence-corrected chi connectivity index (χ3v) is 3.20. The minimum absolute atomic E-state index is 0.346. The number of rotatable bonds is 7. The molecule has 0 aliphatic rings. The van der Waals surface area contributed by atoms with Crippen LogP contribution in [-0.2, 0) is 4.74 Å². The molecule has 1 aromatic carbocycles. The fourth-order valence-electron chi connectivity index (χ4n) is 2.00. The zero-order chi connectivity index (χ0) is 15.2. The van der Waals surface area contributed by atoms with Crippen molar-refractivity contribution in [2.24, 2.45) is 11.7 Å². The molecular weight excluding hydrogens is 282 g/mol. The van der Waals surface area contributed by atoms with Crippen LogP contribution in [0.1, 0.15) is 19.4 Å². The number of aromatic nitrogens is 1. The number of thiocarbonyl (C=S) groups is 1. The maximum atomic E-state index is 5.80. The first-order chi connectivity index (χ1) is 10.1. The van der Waals surface area contributed by atoms with Crippen molar-refractivity contribution in [1.82, 2.24) is 4.98 Å². The highest BCUT2D eigenvalue weighted by Crippen LogP contribution is 2.20. The first-order valence-electron chi connectivity index (χ1n) is 7.09. The molecule has 0 bridgehead atoms. The Bertz CT molecular complexity index is 628. The second-order valence-electron chi connectivity index (χ2n) is 5.34. The van der Waals surface area contributed by atoms with Crippen LogP contribution in [0, 0.1) is 5.92 Å². The van der Waals surface area contributed by atoms with E-state index in [0.717, 1.165) is 23.1 Å². The Kier molecular flexibility index (Phi) is 5.47. The number of pyridine rings is 1. The molecule has 2 aromatic rings. The number of nitrogens with two attached hydrogens (primary N) is 1. The van der Waals surface area contributed by atoms with Crippen molar-refractivity contribution in [3.63, 3.8) is 0 Å². The van der Waals surface area contributed by atoms with Gasteiger partial charge in [-0.2, -0.15) is 0 Å². The molecule has 2 rings (SSSR count). The van der Waals surface area contributed by atoms with Gasteiger partial charge in [0.1, 0.15) is 10.8 Å². The topological polar surface area (TPSA) is 60.2 Å². The summed E-state index contributed by atoms with van der Waals surface area (Å²) in [4.78, 5) is 4.94. The van der Waals surface area contributed by atoms with E-state index in [-0.39, 0.29) is 0 Å². The van der Waals surface area contributed by atoms with Crippen LogP contribution in [0.2, 0.25) is 0 Å². The van der Waals surface area contributed by atoms with Gasteiger partial charge in [-0.1, -0.05) is 44.3 Å². The molecule has 0 unspecified atom stereocenters. The van der Waals surface area contributed by atoms with Crippen LogP contribution < -0.4 is 11.1 Å². The number of benzene rings is 1. The molecule has 0 aliphatic carbocycles. The fourth-order valence-corrected chi connectivity index (χ4v) is 2.15. The van der Waals surface area contributed by atoms with Crippen LogP contribution in [0.4, 0.5) is 5.82 Å². The first kappa shape index (κ1) is 15.7. The summed E-state index contributed by atoms with van der Waals surface area (Å²) in [6.45, 7) is 6.32. The molecule has 1 heterocycles. The molecule has 5 heteroatoms. The number of hydrogen-bond acceptors (Lipinski definition) is 4. The molecule has 0 atom stereocenters. The van der Waals surface area contributed by atoms with Crippen molar-refractivity contribution in [2.45, 2.75) is 13.8 Å². The van der Waals surface area contributed by atoms with Gasteiger partial charge in [0, 0.05) is 18.5 Å². The van der Waals surface area contributed by atoms with Gasteiger partial charge in [-0.15, -0.1) is 0 Å². The molecular formula is C16H21N3OS. The molecule has 0 fully saturated rings. The van der Waals surface area contributed by atoms with Gasteiger partial charge in [-0.25, -0.2) is 4.98 Å². The van der Waals surface area contributed by atoms with E-state index in [1.54, 1.807) is 0 Å². The molecule has 0 aliphatic heterocycles. The number of hydrogen-bond donors (Lipinski definition) is 2. The maximum Gasteiger partial charge on any atom is 0.137 e. The van der Waals surface area contributed by atoms with Crippen molar-refractivity contribution >= 4 is 33.9 Å². The number of fused-ring (bicyclic) bond motifs is 1. The van der Waals surface area contributed by atoms with Crippen LogP contribution in [0.3, 0.4) is 0 Å². The minimum atomic E-state index is 0.346. The molecule has 3 N–H and O–H groups in total. The van der Waals surface area contributed by atoms with Gasteiger partial charge in [0.05, 0.1) is 17.7 Å². The number of anilines is 1. The van der Waals surface area contributed by atoms with Crippen molar-refractivity contribution < 1.29 is 4.74 Å². The van der Waals surface area contributed by atoms with Gasteiger partial charge in [0.25, 0.3) is 0 Å². The lowest BCUT2D eigenvalue weighted by Crippen LogP contribution is -2.18. The molecule has 0 amide bonds. The molecule has 1 aromatic heterocycles. The second kappa shape index (κ2) is 7.33. The predicted molar refractivity (Wildman–Crippen MR) is 91.8 cm³/mol. The van der Waals surface area contributed by atoms with Gasteiger partial charge in [-0.05, 0) is 18.1 Å². The number of nitrogens with one attached hydrogen (secondary N) is 1. The normalized spacial score (nSPS) is 11.0. The minimum Gasteiger partial charge on any atom is -0.389 e. The average molecular weight is 303 g/mol. The van der Waals surface area contributed by atoms with E-state index in [1.807, 2.05) is 30.3 Å². The summed E-state index contributed by atoms with van der Waals surface area (Å²) in [6.07, 6.45) is 0. The van der Waals surface area contributed by atoms with Crippen LogP contribution in [0.5, 0.6) is 0 Å². The summed E-state index contributed by atoms with van der Waals surface area (Å²) in [7, 11) is 0. The van der Waals surface area contributed by atoms with Gasteiger partial charge >= 0.3 is 0 Å². The zero-order valence-electron chi connectivity index (χ0n) is 12.4. The third-order valence-electron chi connectivity index (χ3n) is 2.98. The van der Waals surface area contributed by atoms with E-state index >= 15 is 0 Å². The average Bonchev–Trinajstić information content (AvgIpc) is 2.45. The van der Waals surface area contributed by atoms with E-state index in [2.05, 4.69) is 24.1 Å². The number of nitrogens with zero attached hydrogens (tertiary/aromatic N) is 1. The zero-order valence-corrected chi connectivity index (χ0v) is 13.2. The summed E-state index contributed by atoms with van der Waals surface area (Å²) in [5.41, 5.74) is 7.49. The molecule has 0 spiro atoms. The van der Waals surface area contributed by atoms with Gasteiger partial charge in [0.2, 0.25) is 0 Å². The van der Waals surface area contributed by atoms with E-state index < -0.39 is 0 Å². The van der Waals surface area contributed by atoms with Gasteiger partial charge in [0.15, 0.2) is 0 Å². The Morgan fingerprint density at radius 1 is 1.38 bits per heavy atom. The summed E-state index contributed by atoms with van der Waals surface area (Å²) < 4.78 is 5.55. The SMILES string of the molecule is CC(C)COCCNc1nc2ccccc2cc1C(N)=S. The quantitative estimate of drug-likeness (QED) is 0.608. The lowest BCUT2D eigenvalue weighted by Gasteiger charge is -2.12. The smallest absolute Gasteiger partial charge is 0.137 e. The lowest BCUT2D eigenvalue weighted by molar-refractivity contribution is 0.118. The van der Waals surface area contributed by atoms with Crippen LogP contribution in [0.15, 0.2) is 30.3 Å². The summed E-state index contributed by atoms with van der Waals surface area (Å²) in [6, 6.07) is 9.88. The van der Waals surface area contributed by atoms with Crippen LogP contribution in [0.25, 0.3) is 10.9 Å².